The summed E-state index contributed by atoms with van der Waals surface area (Å²) in [6, 6.07) is 6.97. The van der Waals surface area contributed by atoms with Crippen molar-refractivity contribution < 1.29 is 4.39 Å². The molecular formula is C17H24BrF. The molecule has 0 saturated heterocycles. The number of alkyl halides is 1. The van der Waals surface area contributed by atoms with Crippen LogP contribution < -0.4 is 0 Å². The number of hydrogen-bond donors (Lipinski definition) is 0. The average Bonchev–Trinajstić information content (AvgIpc) is 2.81. The minimum absolute atomic E-state index is 0.146. The van der Waals surface area contributed by atoms with Crippen LogP contribution in [0.15, 0.2) is 24.3 Å². The van der Waals surface area contributed by atoms with Gasteiger partial charge in [-0.15, -0.1) is 0 Å². The van der Waals surface area contributed by atoms with E-state index in [4.69, 9.17) is 0 Å². The van der Waals surface area contributed by atoms with Crippen LogP contribution in [-0.4, -0.2) is 4.83 Å². The minimum Gasteiger partial charge on any atom is -0.207 e. The van der Waals surface area contributed by atoms with Gasteiger partial charge in [0.25, 0.3) is 0 Å². The summed E-state index contributed by atoms with van der Waals surface area (Å²) in [5, 5.41) is 0. The van der Waals surface area contributed by atoms with Crippen molar-refractivity contribution in [3.63, 3.8) is 0 Å². The highest BCUT2D eigenvalue weighted by Crippen LogP contribution is 2.49. The van der Waals surface area contributed by atoms with Gasteiger partial charge >= 0.3 is 0 Å². The summed E-state index contributed by atoms with van der Waals surface area (Å²) >= 11 is 3.95. The zero-order valence-corrected chi connectivity index (χ0v) is 13.5. The first-order chi connectivity index (χ1) is 9.02. The third-order valence-corrected chi connectivity index (χ3v) is 5.70. The van der Waals surface area contributed by atoms with E-state index in [1.807, 2.05) is 12.1 Å². The van der Waals surface area contributed by atoms with Crippen LogP contribution in [0.1, 0.15) is 51.5 Å². The molecule has 0 spiro atoms. The third-order valence-electron chi connectivity index (χ3n) is 4.41. The molecule has 2 heteroatoms. The Morgan fingerprint density at radius 2 is 1.74 bits per heavy atom. The minimum atomic E-state index is -0.146. The monoisotopic (exact) mass is 326 g/mol. The van der Waals surface area contributed by atoms with Crippen molar-refractivity contribution >= 4 is 15.9 Å². The van der Waals surface area contributed by atoms with Crippen molar-refractivity contribution in [3.05, 3.63) is 35.6 Å². The number of halogens is 2. The van der Waals surface area contributed by atoms with Crippen LogP contribution in [0.5, 0.6) is 0 Å². The first-order valence-corrected chi connectivity index (χ1v) is 8.32. The predicted molar refractivity (Wildman–Crippen MR) is 83.2 cm³/mol. The van der Waals surface area contributed by atoms with Gasteiger partial charge < -0.3 is 0 Å². The Morgan fingerprint density at radius 1 is 1.16 bits per heavy atom. The molecule has 1 saturated carbocycles. The fourth-order valence-corrected chi connectivity index (χ4v) is 4.60. The SMILES string of the molecule is CC(C)CC1(C(Br)Cc2ccc(F)cc2)CCCC1. The van der Waals surface area contributed by atoms with E-state index < -0.39 is 0 Å². The molecule has 1 atom stereocenters. The lowest BCUT2D eigenvalue weighted by Crippen LogP contribution is -2.31. The quantitative estimate of drug-likeness (QED) is 0.605. The first-order valence-electron chi connectivity index (χ1n) is 7.40. The molecule has 0 heterocycles. The Hall–Kier alpha value is -0.370. The van der Waals surface area contributed by atoms with Crippen LogP contribution in [0.25, 0.3) is 0 Å². The molecule has 2 rings (SSSR count). The topological polar surface area (TPSA) is 0 Å². The zero-order valence-electron chi connectivity index (χ0n) is 12.0. The summed E-state index contributed by atoms with van der Waals surface area (Å²) in [5.74, 6) is 0.596. The Labute approximate surface area is 124 Å². The smallest absolute Gasteiger partial charge is 0.123 e. The summed E-state index contributed by atoms with van der Waals surface area (Å²) < 4.78 is 13.0. The third kappa shape index (κ3) is 3.81. The van der Waals surface area contributed by atoms with Crippen LogP contribution in [0, 0.1) is 17.2 Å². The maximum atomic E-state index is 13.0. The maximum Gasteiger partial charge on any atom is 0.123 e. The molecule has 0 aromatic heterocycles. The molecule has 1 aromatic rings. The molecule has 0 bridgehead atoms. The van der Waals surface area contributed by atoms with Gasteiger partial charge in [0.2, 0.25) is 0 Å². The van der Waals surface area contributed by atoms with Crippen LogP contribution in [0.3, 0.4) is 0 Å². The maximum absolute atomic E-state index is 13.0. The molecule has 19 heavy (non-hydrogen) atoms. The molecule has 106 valence electrons. The Bertz CT molecular complexity index is 390. The summed E-state index contributed by atoms with van der Waals surface area (Å²) in [7, 11) is 0. The highest BCUT2D eigenvalue weighted by Gasteiger charge is 2.40. The van der Waals surface area contributed by atoms with Gasteiger partial charge in [-0.3, -0.25) is 0 Å². The van der Waals surface area contributed by atoms with E-state index in [0.717, 1.165) is 12.3 Å². The second-order valence-electron chi connectivity index (χ2n) is 6.47. The highest BCUT2D eigenvalue weighted by molar-refractivity contribution is 9.09. The zero-order chi connectivity index (χ0) is 13.9. The average molecular weight is 327 g/mol. The van der Waals surface area contributed by atoms with Crippen LogP contribution in [-0.2, 0) is 6.42 Å². The first kappa shape index (κ1) is 15.0. The lowest BCUT2D eigenvalue weighted by Gasteiger charge is -2.36. The van der Waals surface area contributed by atoms with E-state index in [9.17, 15) is 4.39 Å². The van der Waals surface area contributed by atoms with E-state index in [1.165, 1.54) is 37.7 Å². The summed E-state index contributed by atoms with van der Waals surface area (Å²) in [5.41, 5.74) is 1.68. The van der Waals surface area contributed by atoms with Gasteiger partial charge in [0.15, 0.2) is 0 Å². The molecule has 1 aliphatic carbocycles. The molecule has 0 aliphatic heterocycles. The Morgan fingerprint density at radius 3 is 2.26 bits per heavy atom. The van der Waals surface area contributed by atoms with E-state index in [1.54, 1.807) is 12.1 Å². The number of hydrogen-bond acceptors (Lipinski definition) is 0. The molecule has 0 amide bonds. The molecule has 0 nitrogen and oxygen atoms in total. The number of benzene rings is 1. The van der Waals surface area contributed by atoms with Gasteiger partial charge in [-0.25, -0.2) is 4.39 Å². The van der Waals surface area contributed by atoms with Gasteiger partial charge in [-0.1, -0.05) is 54.8 Å². The van der Waals surface area contributed by atoms with E-state index in [2.05, 4.69) is 29.8 Å². The van der Waals surface area contributed by atoms with Crippen molar-refractivity contribution in [2.75, 3.05) is 0 Å². The predicted octanol–water partition coefficient (Wildman–Crippen LogP) is 5.74. The van der Waals surface area contributed by atoms with Crippen molar-refractivity contribution in [1.82, 2.24) is 0 Å². The summed E-state index contributed by atoms with van der Waals surface area (Å²) in [6.45, 7) is 4.63. The van der Waals surface area contributed by atoms with Crippen molar-refractivity contribution in [2.24, 2.45) is 11.3 Å². The highest BCUT2D eigenvalue weighted by atomic mass is 79.9. The Kier molecular flexibility index (Phi) is 5.05. The fourth-order valence-electron chi connectivity index (χ4n) is 3.58. The molecule has 0 radical (unpaired) electrons. The normalized spacial score (nSPS) is 19.8. The molecule has 1 aliphatic rings. The van der Waals surface area contributed by atoms with Crippen LogP contribution >= 0.6 is 15.9 Å². The van der Waals surface area contributed by atoms with Gasteiger partial charge in [-0.2, -0.15) is 0 Å². The molecule has 1 fully saturated rings. The van der Waals surface area contributed by atoms with Crippen LogP contribution in [0.2, 0.25) is 0 Å². The van der Waals surface area contributed by atoms with Gasteiger partial charge in [0.05, 0.1) is 0 Å². The molecular weight excluding hydrogens is 303 g/mol. The van der Waals surface area contributed by atoms with Gasteiger partial charge in [0.1, 0.15) is 5.82 Å². The Balaban J connectivity index is 2.07. The second kappa shape index (κ2) is 6.39. The molecule has 1 aromatic carbocycles. The van der Waals surface area contributed by atoms with Crippen molar-refractivity contribution in [3.8, 4) is 0 Å². The van der Waals surface area contributed by atoms with Gasteiger partial charge in [0, 0.05) is 4.83 Å². The largest absolute Gasteiger partial charge is 0.207 e. The standard InChI is InChI=1S/C17H24BrF/c1-13(2)12-17(9-3-4-10-17)16(18)11-14-5-7-15(19)8-6-14/h5-8,13,16H,3-4,9-12H2,1-2H3. The van der Waals surface area contributed by atoms with Crippen molar-refractivity contribution in [1.29, 1.82) is 0 Å². The lowest BCUT2D eigenvalue weighted by molar-refractivity contribution is 0.228. The van der Waals surface area contributed by atoms with Crippen molar-refractivity contribution in [2.45, 2.75) is 57.2 Å². The van der Waals surface area contributed by atoms with Crippen LogP contribution in [0.4, 0.5) is 4.39 Å². The molecule has 0 N–H and O–H groups in total. The van der Waals surface area contributed by atoms with E-state index in [-0.39, 0.29) is 5.82 Å². The summed E-state index contributed by atoms with van der Waals surface area (Å²) in [4.78, 5) is 0.510. The summed E-state index contributed by atoms with van der Waals surface area (Å²) in [6.07, 6.45) is 7.69. The van der Waals surface area contributed by atoms with E-state index >= 15 is 0 Å². The van der Waals surface area contributed by atoms with E-state index in [0.29, 0.717) is 10.2 Å². The lowest BCUT2D eigenvalue weighted by atomic mass is 9.74. The number of rotatable bonds is 5. The fraction of sp³-hybridized carbons (Fsp3) is 0.647. The second-order valence-corrected chi connectivity index (χ2v) is 7.57. The van der Waals surface area contributed by atoms with Gasteiger partial charge in [-0.05, 0) is 54.7 Å². The molecule has 1 unspecified atom stereocenters.